The Labute approximate surface area is 190 Å². The van der Waals surface area contributed by atoms with Crippen LogP contribution in [0.3, 0.4) is 0 Å². The lowest BCUT2D eigenvalue weighted by Crippen LogP contribution is -2.45. The fourth-order valence-corrected chi connectivity index (χ4v) is 7.94. The van der Waals surface area contributed by atoms with E-state index in [1.165, 1.54) is 28.6 Å². The molecule has 0 spiro atoms. The number of hydrogen-bond donors (Lipinski definition) is 0. The summed E-state index contributed by atoms with van der Waals surface area (Å²) < 4.78 is 57.2. The average molecular weight is 485 g/mol. The molecule has 3 aliphatic rings. The van der Waals surface area contributed by atoms with Crippen molar-refractivity contribution >= 4 is 25.8 Å². The van der Waals surface area contributed by atoms with Crippen molar-refractivity contribution in [1.82, 2.24) is 9.21 Å². The molecule has 10 heteroatoms. The molecule has 3 fully saturated rings. The number of piperidine rings is 1. The number of hydrogen-bond acceptors (Lipinski definition) is 6. The summed E-state index contributed by atoms with van der Waals surface area (Å²) in [6, 6.07) is 5.66. The lowest BCUT2D eigenvalue weighted by atomic mass is 10.0. The molecular formula is C22H32N2O6S2. The van der Waals surface area contributed by atoms with Gasteiger partial charge < -0.3 is 9.64 Å². The highest BCUT2D eigenvalue weighted by Gasteiger charge is 2.37. The van der Waals surface area contributed by atoms with Crippen molar-refractivity contribution in [2.75, 3.05) is 37.7 Å². The first-order chi connectivity index (χ1) is 15.2. The minimum absolute atomic E-state index is 0.0364. The molecule has 8 nitrogen and oxygen atoms in total. The second-order valence-corrected chi connectivity index (χ2v) is 13.4. The predicted octanol–water partition coefficient (Wildman–Crippen LogP) is 1.92. The summed E-state index contributed by atoms with van der Waals surface area (Å²) in [5.74, 6) is 0.290. The highest BCUT2D eigenvalue weighted by atomic mass is 32.2. The molecule has 178 valence electrons. The van der Waals surface area contributed by atoms with Crippen LogP contribution in [0, 0.1) is 5.92 Å². The van der Waals surface area contributed by atoms with Gasteiger partial charge in [-0.2, -0.15) is 4.31 Å². The average Bonchev–Trinajstić information content (AvgIpc) is 3.41. The fourth-order valence-electron chi connectivity index (χ4n) is 4.74. The quantitative estimate of drug-likeness (QED) is 0.611. The number of amides is 1. The van der Waals surface area contributed by atoms with Crippen LogP contribution in [0.5, 0.6) is 0 Å². The number of carbonyl (C=O) groups excluding carboxylic acids is 1. The van der Waals surface area contributed by atoms with Gasteiger partial charge in [0.1, 0.15) is 0 Å². The van der Waals surface area contributed by atoms with Gasteiger partial charge in [0.2, 0.25) is 10.0 Å². The van der Waals surface area contributed by atoms with Crippen LogP contribution in [0.25, 0.3) is 0 Å². The smallest absolute Gasteiger partial charge is 0.254 e. The van der Waals surface area contributed by atoms with Crippen LogP contribution in [0.1, 0.15) is 49.4 Å². The zero-order chi connectivity index (χ0) is 22.9. The zero-order valence-electron chi connectivity index (χ0n) is 18.5. The summed E-state index contributed by atoms with van der Waals surface area (Å²) in [7, 11) is -6.74. The molecule has 1 aromatic carbocycles. The molecule has 32 heavy (non-hydrogen) atoms. The molecule has 4 rings (SSSR count). The van der Waals surface area contributed by atoms with E-state index in [4.69, 9.17) is 4.74 Å². The van der Waals surface area contributed by atoms with Gasteiger partial charge in [0.05, 0.1) is 22.5 Å². The molecule has 3 saturated heterocycles. The van der Waals surface area contributed by atoms with E-state index in [-0.39, 0.29) is 34.5 Å². The van der Waals surface area contributed by atoms with Crippen LogP contribution in [-0.4, -0.2) is 81.8 Å². The zero-order valence-corrected chi connectivity index (χ0v) is 20.1. The van der Waals surface area contributed by atoms with E-state index in [1.807, 2.05) is 0 Å². The number of nitrogens with zero attached hydrogens (tertiary/aromatic N) is 2. The highest BCUT2D eigenvalue weighted by Crippen LogP contribution is 2.26. The number of ether oxygens (including phenoxy) is 1. The van der Waals surface area contributed by atoms with E-state index < -0.39 is 19.9 Å². The van der Waals surface area contributed by atoms with Crippen molar-refractivity contribution in [2.45, 2.75) is 56.1 Å². The number of sulfone groups is 1. The first-order valence-electron chi connectivity index (χ1n) is 11.4. The van der Waals surface area contributed by atoms with Gasteiger partial charge in [-0.25, -0.2) is 16.8 Å². The number of carbonyl (C=O) groups is 1. The minimum Gasteiger partial charge on any atom is -0.376 e. The Bertz CT molecular complexity index is 1020. The van der Waals surface area contributed by atoms with Gasteiger partial charge in [-0.15, -0.1) is 0 Å². The maximum atomic E-state index is 13.3. The molecule has 0 bridgehead atoms. The Hall–Kier alpha value is -1.49. The summed E-state index contributed by atoms with van der Waals surface area (Å²) in [5.41, 5.74) is 0.360. The van der Waals surface area contributed by atoms with Gasteiger partial charge in [0.15, 0.2) is 9.84 Å². The molecule has 0 saturated carbocycles. The SMILES string of the molecule is CC1CCN(S(=O)(=O)c2ccc(C(=O)N(C[C@@H]3CCCO3)[C@@H]3CCS(=O)(=O)C3)cc2)CC1. The van der Waals surface area contributed by atoms with Crippen molar-refractivity contribution in [3.63, 3.8) is 0 Å². The maximum absolute atomic E-state index is 13.3. The molecule has 1 aromatic rings. The third kappa shape index (κ3) is 5.18. The highest BCUT2D eigenvalue weighted by molar-refractivity contribution is 7.91. The van der Waals surface area contributed by atoms with Gasteiger partial charge in [0.25, 0.3) is 5.91 Å². The van der Waals surface area contributed by atoms with E-state index in [1.54, 1.807) is 4.90 Å². The van der Waals surface area contributed by atoms with Gasteiger partial charge in [-0.05, 0) is 62.3 Å². The molecule has 2 atom stereocenters. The Kier molecular flexibility index (Phi) is 6.95. The molecule has 1 amide bonds. The largest absolute Gasteiger partial charge is 0.376 e. The summed E-state index contributed by atoms with van der Waals surface area (Å²) in [4.78, 5) is 15.1. The number of sulfonamides is 1. The van der Waals surface area contributed by atoms with E-state index in [2.05, 4.69) is 6.92 Å². The van der Waals surface area contributed by atoms with Gasteiger partial charge in [0, 0.05) is 37.8 Å². The third-order valence-corrected chi connectivity index (χ3v) is 10.5. The first-order valence-corrected chi connectivity index (χ1v) is 14.6. The molecule has 0 radical (unpaired) electrons. The van der Waals surface area contributed by atoms with Crippen molar-refractivity contribution in [3.05, 3.63) is 29.8 Å². The molecular weight excluding hydrogens is 452 g/mol. The van der Waals surface area contributed by atoms with Gasteiger partial charge >= 0.3 is 0 Å². The van der Waals surface area contributed by atoms with Crippen LogP contribution in [-0.2, 0) is 24.6 Å². The molecule has 3 heterocycles. The van der Waals surface area contributed by atoms with Crippen molar-refractivity contribution in [3.8, 4) is 0 Å². The lowest BCUT2D eigenvalue weighted by Gasteiger charge is -2.31. The van der Waals surface area contributed by atoms with Gasteiger partial charge in [-0.1, -0.05) is 6.92 Å². The van der Waals surface area contributed by atoms with Crippen LogP contribution in [0.2, 0.25) is 0 Å². The number of benzene rings is 1. The maximum Gasteiger partial charge on any atom is 0.254 e. The summed E-state index contributed by atoms with van der Waals surface area (Å²) in [6.07, 6.45) is 3.78. The Morgan fingerprint density at radius 1 is 1.12 bits per heavy atom. The van der Waals surface area contributed by atoms with Crippen LogP contribution >= 0.6 is 0 Å². The van der Waals surface area contributed by atoms with Crippen LogP contribution < -0.4 is 0 Å². The van der Waals surface area contributed by atoms with Crippen molar-refractivity contribution in [2.24, 2.45) is 5.92 Å². The molecule has 0 aromatic heterocycles. The summed E-state index contributed by atoms with van der Waals surface area (Å²) in [5, 5.41) is 0. The number of rotatable bonds is 6. The van der Waals surface area contributed by atoms with E-state index in [9.17, 15) is 21.6 Å². The van der Waals surface area contributed by atoms with Crippen molar-refractivity contribution in [1.29, 1.82) is 0 Å². The van der Waals surface area contributed by atoms with E-state index in [0.717, 1.165) is 25.7 Å². The lowest BCUT2D eigenvalue weighted by molar-refractivity contribution is 0.0441. The first kappa shape index (κ1) is 23.7. The molecule has 3 aliphatic heterocycles. The second kappa shape index (κ2) is 9.40. The van der Waals surface area contributed by atoms with Gasteiger partial charge in [-0.3, -0.25) is 4.79 Å². The molecule has 0 aliphatic carbocycles. The molecule has 0 unspecified atom stereocenters. The standard InChI is InChI=1S/C22H32N2O6S2/c1-17-8-11-23(12-9-17)32(28,29)21-6-4-18(5-7-21)22(25)24(15-20-3-2-13-30-20)19-10-14-31(26,27)16-19/h4-7,17,19-20H,2-3,8-16H2,1H3/t19-,20+/m1/s1. The monoisotopic (exact) mass is 484 g/mol. The van der Waals surface area contributed by atoms with E-state index >= 15 is 0 Å². The van der Waals surface area contributed by atoms with Crippen LogP contribution in [0.4, 0.5) is 0 Å². The topological polar surface area (TPSA) is 101 Å². The molecule has 0 N–H and O–H groups in total. The Morgan fingerprint density at radius 3 is 2.38 bits per heavy atom. The fraction of sp³-hybridized carbons (Fsp3) is 0.682. The van der Waals surface area contributed by atoms with Crippen LogP contribution in [0.15, 0.2) is 29.2 Å². The summed E-state index contributed by atoms with van der Waals surface area (Å²) >= 11 is 0. The van der Waals surface area contributed by atoms with E-state index in [0.29, 0.717) is 44.1 Å². The minimum atomic E-state index is -3.59. The van der Waals surface area contributed by atoms with Crippen molar-refractivity contribution < 1.29 is 26.4 Å². The second-order valence-electron chi connectivity index (χ2n) is 9.26. The predicted molar refractivity (Wildman–Crippen MR) is 121 cm³/mol. The summed E-state index contributed by atoms with van der Waals surface area (Å²) in [6.45, 7) is 4.15. The third-order valence-electron chi connectivity index (χ3n) is 6.82. The Balaban J connectivity index is 1.52. The Morgan fingerprint density at radius 2 is 1.81 bits per heavy atom. The normalized spacial score (nSPS) is 26.9.